The van der Waals surface area contributed by atoms with E-state index in [-0.39, 0.29) is 18.6 Å². The van der Waals surface area contributed by atoms with E-state index in [0.717, 1.165) is 25.9 Å². The Bertz CT molecular complexity index is 229. The Labute approximate surface area is 103 Å². The van der Waals surface area contributed by atoms with E-state index in [4.69, 9.17) is 9.47 Å². The van der Waals surface area contributed by atoms with E-state index < -0.39 is 6.10 Å². The third-order valence-electron chi connectivity index (χ3n) is 2.97. The zero-order valence-corrected chi connectivity index (χ0v) is 10.7. The number of methoxy groups -OCH3 is 1. The lowest BCUT2D eigenvalue weighted by Crippen LogP contribution is -2.36. The second-order valence-electron chi connectivity index (χ2n) is 4.56. The first-order valence-electron chi connectivity index (χ1n) is 6.16. The van der Waals surface area contributed by atoms with Crippen LogP contribution in [0.1, 0.15) is 25.7 Å². The second-order valence-corrected chi connectivity index (χ2v) is 4.56. The lowest BCUT2D eigenvalue weighted by Gasteiger charge is -2.21. The molecule has 0 radical (unpaired) electrons. The molecule has 0 spiro atoms. The Hall–Kier alpha value is -0.650. The van der Waals surface area contributed by atoms with Gasteiger partial charge in [0.25, 0.3) is 0 Å². The summed E-state index contributed by atoms with van der Waals surface area (Å²) >= 11 is 0. The average molecular weight is 245 g/mol. The van der Waals surface area contributed by atoms with E-state index >= 15 is 0 Å². The van der Waals surface area contributed by atoms with Crippen LogP contribution in [0.3, 0.4) is 0 Å². The Morgan fingerprint density at radius 1 is 1.65 bits per heavy atom. The molecule has 1 aliphatic heterocycles. The number of hydrogen-bond donors (Lipinski definition) is 1. The molecule has 2 atom stereocenters. The van der Waals surface area contributed by atoms with Gasteiger partial charge in [0.05, 0.1) is 18.8 Å². The van der Waals surface area contributed by atoms with Gasteiger partial charge in [-0.2, -0.15) is 0 Å². The SMILES string of the molecule is COCC(O)CN(C)C(=O)CCC1CCCO1. The minimum absolute atomic E-state index is 0.0515. The van der Waals surface area contributed by atoms with E-state index in [9.17, 15) is 9.90 Å². The molecule has 0 aliphatic carbocycles. The summed E-state index contributed by atoms with van der Waals surface area (Å²) in [7, 11) is 3.24. The van der Waals surface area contributed by atoms with Crippen molar-refractivity contribution < 1.29 is 19.4 Å². The fourth-order valence-electron chi connectivity index (χ4n) is 2.01. The van der Waals surface area contributed by atoms with Gasteiger partial charge < -0.3 is 19.5 Å². The minimum atomic E-state index is -0.614. The lowest BCUT2D eigenvalue weighted by atomic mass is 10.1. The predicted molar refractivity (Wildman–Crippen MR) is 63.7 cm³/mol. The molecule has 0 saturated carbocycles. The molecular weight excluding hydrogens is 222 g/mol. The molecule has 17 heavy (non-hydrogen) atoms. The summed E-state index contributed by atoms with van der Waals surface area (Å²) in [6, 6.07) is 0. The summed E-state index contributed by atoms with van der Waals surface area (Å²) in [6.07, 6.45) is 3.06. The number of likely N-dealkylation sites (N-methyl/N-ethyl adjacent to an activating group) is 1. The first kappa shape index (κ1) is 14.4. The highest BCUT2D eigenvalue weighted by Crippen LogP contribution is 2.17. The van der Waals surface area contributed by atoms with Crippen LogP contribution in [0.15, 0.2) is 0 Å². The van der Waals surface area contributed by atoms with Crippen LogP contribution in [0.5, 0.6) is 0 Å². The molecule has 0 aromatic carbocycles. The van der Waals surface area contributed by atoms with Gasteiger partial charge in [-0.25, -0.2) is 0 Å². The normalized spacial score (nSPS) is 21.5. The lowest BCUT2D eigenvalue weighted by molar-refractivity contribution is -0.132. The van der Waals surface area contributed by atoms with Crippen LogP contribution in [-0.2, 0) is 14.3 Å². The number of aliphatic hydroxyl groups is 1. The number of rotatable bonds is 7. The van der Waals surface area contributed by atoms with Crippen LogP contribution >= 0.6 is 0 Å². The number of carbonyl (C=O) groups excluding carboxylic acids is 1. The van der Waals surface area contributed by atoms with E-state index in [0.29, 0.717) is 13.0 Å². The number of nitrogens with zero attached hydrogens (tertiary/aromatic N) is 1. The third-order valence-corrected chi connectivity index (χ3v) is 2.97. The van der Waals surface area contributed by atoms with Crippen LogP contribution in [0.4, 0.5) is 0 Å². The highest BCUT2D eigenvalue weighted by atomic mass is 16.5. The molecule has 0 bridgehead atoms. The van der Waals surface area contributed by atoms with Crippen molar-refractivity contribution in [1.29, 1.82) is 0 Å². The molecule has 100 valence electrons. The molecule has 1 amide bonds. The Balaban J connectivity index is 2.16. The Kier molecular flexibility index (Phi) is 6.47. The van der Waals surface area contributed by atoms with Crippen molar-refractivity contribution in [2.75, 3.05) is 33.9 Å². The van der Waals surface area contributed by atoms with Crippen LogP contribution in [0.2, 0.25) is 0 Å². The van der Waals surface area contributed by atoms with Gasteiger partial charge in [0, 0.05) is 33.7 Å². The van der Waals surface area contributed by atoms with Gasteiger partial charge in [-0.05, 0) is 19.3 Å². The summed E-state index contributed by atoms with van der Waals surface area (Å²) in [5.74, 6) is 0.0515. The fourth-order valence-corrected chi connectivity index (χ4v) is 2.01. The maximum absolute atomic E-state index is 11.8. The van der Waals surface area contributed by atoms with E-state index in [1.165, 1.54) is 7.11 Å². The van der Waals surface area contributed by atoms with Crippen LogP contribution in [0, 0.1) is 0 Å². The van der Waals surface area contributed by atoms with Gasteiger partial charge in [-0.3, -0.25) is 4.79 Å². The highest BCUT2D eigenvalue weighted by molar-refractivity contribution is 5.75. The van der Waals surface area contributed by atoms with Crippen molar-refractivity contribution in [3.05, 3.63) is 0 Å². The highest BCUT2D eigenvalue weighted by Gasteiger charge is 2.19. The van der Waals surface area contributed by atoms with Crippen molar-refractivity contribution in [2.24, 2.45) is 0 Å². The Morgan fingerprint density at radius 3 is 3.00 bits per heavy atom. The van der Waals surface area contributed by atoms with E-state index in [1.54, 1.807) is 11.9 Å². The number of aliphatic hydroxyl groups excluding tert-OH is 1. The van der Waals surface area contributed by atoms with Crippen molar-refractivity contribution in [3.63, 3.8) is 0 Å². The molecular formula is C12H23NO4. The van der Waals surface area contributed by atoms with E-state index in [1.807, 2.05) is 0 Å². The Morgan fingerprint density at radius 2 is 2.41 bits per heavy atom. The second kappa shape index (κ2) is 7.63. The summed E-state index contributed by atoms with van der Waals surface area (Å²) in [5, 5.41) is 9.50. The maximum atomic E-state index is 11.8. The van der Waals surface area contributed by atoms with Crippen molar-refractivity contribution in [3.8, 4) is 0 Å². The minimum Gasteiger partial charge on any atom is -0.389 e. The quantitative estimate of drug-likeness (QED) is 0.706. The van der Waals surface area contributed by atoms with Crippen LogP contribution in [-0.4, -0.2) is 62.0 Å². The molecule has 1 aliphatic rings. The fraction of sp³-hybridized carbons (Fsp3) is 0.917. The van der Waals surface area contributed by atoms with E-state index in [2.05, 4.69) is 0 Å². The molecule has 1 rings (SSSR count). The largest absolute Gasteiger partial charge is 0.389 e. The summed E-state index contributed by atoms with van der Waals surface area (Å²) in [4.78, 5) is 13.3. The predicted octanol–water partition coefficient (Wildman–Crippen LogP) is 0.411. The van der Waals surface area contributed by atoms with Crippen LogP contribution < -0.4 is 0 Å². The van der Waals surface area contributed by atoms with Gasteiger partial charge in [-0.1, -0.05) is 0 Å². The van der Waals surface area contributed by atoms with Gasteiger partial charge in [0.1, 0.15) is 0 Å². The molecule has 5 heteroatoms. The first-order valence-corrected chi connectivity index (χ1v) is 6.16. The standard InChI is InChI=1S/C12H23NO4/c1-13(8-10(14)9-16-2)12(15)6-5-11-4-3-7-17-11/h10-11,14H,3-9H2,1-2H3. The van der Waals surface area contributed by atoms with Crippen molar-refractivity contribution in [2.45, 2.75) is 37.9 Å². The summed E-state index contributed by atoms with van der Waals surface area (Å²) in [6.45, 7) is 1.39. The smallest absolute Gasteiger partial charge is 0.222 e. The number of hydrogen-bond acceptors (Lipinski definition) is 4. The third kappa shape index (κ3) is 5.48. The molecule has 5 nitrogen and oxygen atoms in total. The topological polar surface area (TPSA) is 59.0 Å². The molecule has 1 fully saturated rings. The van der Waals surface area contributed by atoms with Gasteiger partial charge in [0.2, 0.25) is 5.91 Å². The number of carbonyl (C=O) groups is 1. The zero-order chi connectivity index (χ0) is 12.7. The van der Waals surface area contributed by atoms with Gasteiger partial charge >= 0.3 is 0 Å². The van der Waals surface area contributed by atoms with Crippen molar-refractivity contribution >= 4 is 5.91 Å². The zero-order valence-electron chi connectivity index (χ0n) is 10.7. The monoisotopic (exact) mass is 245 g/mol. The number of amides is 1. The first-order chi connectivity index (χ1) is 8.13. The molecule has 2 unspecified atom stereocenters. The molecule has 1 N–H and O–H groups in total. The molecule has 0 aromatic rings. The number of ether oxygens (including phenoxy) is 2. The molecule has 1 saturated heterocycles. The summed E-state index contributed by atoms with van der Waals surface area (Å²) in [5.41, 5.74) is 0. The van der Waals surface area contributed by atoms with Crippen molar-refractivity contribution in [1.82, 2.24) is 4.90 Å². The summed E-state index contributed by atoms with van der Waals surface area (Å²) < 4.78 is 10.3. The molecule has 1 heterocycles. The van der Waals surface area contributed by atoms with Crippen LogP contribution in [0.25, 0.3) is 0 Å². The van der Waals surface area contributed by atoms with Gasteiger partial charge in [0.15, 0.2) is 0 Å². The van der Waals surface area contributed by atoms with Gasteiger partial charge in [-0.15, -0.1) is 0 Å². The molecule has 0 aromatic heterocycles. The average Bonchev–Trinajstić information content (AvgIpc) is 2.78. The maximum Gasteiger partial charge on any atom is 0.222 e.